The van der Waals surface area contributed by atoms with Crippen molar-refractivity contribution >= 4 is 16.9 Å². The number of aryl methyl sites for hydroxylation is 1. The summed E-state index contributed by atoms with van der Waals surface area (Å²) in [5.74, 6) is 0.316. The summed E-state index contributed by atoms with van der Waals surface area (Å²) in [7, 11) is 1.92. The Morgan fingerprint density at radius 3 is 3.00 bits per heavy atom. The van der Waals surface area contributed by atoms with Crippen LogP contribution in [-0.2, 0) is 11.8 Å². The van der Waals surface area contributed by atoms with Gasteiger partial charge in [0.25, 0.3) is 0 Å². The molecule has 2 atom stereocenters. The first-order valence-corrected chi connectivity index (χ1v) is 8.19. The summed E-state index contributed by atoms with van der Waals surface area (Å²) in [4.78, 5) is 15.0. The van der Waals surface area contributed by atoms with Crippen LogP contribution in [0.15, 0.2) is 30.3 Å². The monoisotopic (exact) mass is 298 g/mol. The van der Waals surface area contributed by atoms with E-state index in [1.807, 2.05) is 41.9 Å². The van der Waals surface area contributed by atoms with Gasteiger partial charge in [-0.25, -0.2) is 4.79 Å². The maximum absolute atomic E-state index is 12.4. The summed E-state index contributed by atoms with van der Waals surface area (Å²) in [6.07, 6.45) is 3.71. The van der Waals surface area contributed by atoms with Gasteiger partial charge >= 0.3 is 5.97 Å². The van der Waals surface area contributed by atoms with Crippen LogP contribution in [0.4, 0.5) is 0 Å². The summed E-state index contributed by atoms with van der Waals surface area (Å²) in [5.41, 5.74) is 1.71. The van der Waals surface area contributed by atoms with Gasteiger partial charge in [-0.05, 0) is 44.5 Å². The Morgan fingerprint density at radius 1 is 1.27 bits per heavy atom. The molecule has 2 fully saturated rings. The van der Waals surface area contributed by atoms with Crippen molar-refractivity contribution in [2.75, 3.05) is 19.7 Å². The fraction of sp³-hybridized carbons (Fsp3) is 0.500. The summed E-state index contributed by atoms with van der Waals surface area (Å²) in [6.45, 7) is 2.95. The van der Waals surface area contributed by atoms with Gasteiger partial charge in [0.15, 0.2) is 0 Å². The first-order valence-electron chi connectivity index (χ1n) is 8.19. The van der Waals surface area contributed by atoms with Gasteiger partial charge in [-0.2, -0.15) is 0 Å². The number of para-hydroxylation sites is 1. The Balaban J connectivity index is 1.46. The molecule has 3 heterocycles. The highest BCUT2D eigenvalue weighted by Gasteiger charge is 2.37. The molecule has 0 spiro atoms. The summed E-state index contributed by atoms with van der Waals surface area (Å²) in [6, 6.07) is 10.6. The molecule has 0 unspecified atom stereocenters. The molecule has 2 aliphatic heterocycles. The predicted molar refractivity (Wildman–Crippen MR) is 85.9 cm³/mol. The molecule has 4 rings (SSSR count). The Morgan fingerprint density at radius 2 is 2.14 bits per heavy atom. The molecular formula is C18H22N2O2. The van der Waals surface area contributed by atoms with Gasteiger partial charge in [-0.3, -0.25) is 4.90 Å². The van der Waals surface area contributed by atoms with Gasteiger partial charge in [0, 0.05) is 29.9 Å². The number of nitrogens with zero attached hydrogens (tertiary/aromatic N) is 2. The SMILES string of the molecule is Cn1c(C(=O)OC[C@@H]2CCN3CCC[C@@H]23)cc2ccccc21. The number of hydrogen-bond donors (Lipinski definition) is 0. The van der Waals surface area contributed by atoms with E-state index in [9.17, 15) is 4.79 Å². The van der Waals surface area contributed by atoms with Crippen LogP contribution in [0.5, 0.6) is 0 Å². The normalized spacial score (nSPS) is 24.8. The highest BCUT2D eigenvalue weighted by Crippen LogP contribution is 2.33. The van der Waals surface area contributed by atoms with E-state index in [0.717, 1.165) is 17.3 Å². The lowest BCUT2D eigenvalue weighted by molar-refractivity contribution is 0.0408. The molecule has 4 nitrogen and oxygen atoms in total. The Kier molecular flexibility index (Phi) is 3.41. The van der Waals surface area contributed by atoms with E-state index in [0.29, 0.717) is 24.3 Å². The molecule has 0 amide bonds. The van der Waals surface area contributed by atoms with E-state index in [2.05, 4.69) is 4.90 Å². The standard InChI is InChI=1S/C18H22N2O2/c1-19-15-6-3-2-5-13(15)11-17(19)18(21)22-12-14-8-10-20-9-4-7-16(14)20/h2-3,5-6,11,14,16H,4,7-10,12H2,1H3/t14-,16-/m0/s1. The average Bonchev–Trinajstić information content (AvgIpc) is 3.20. The van der Waals surface area contributed by atoms with Crippen molar-refractivity contribution in [1.29, 1.82) is 0 Å². The molecule has 4 heteroatoms. The van der Waals surface area contributed by atoms with E-state index < -0.39 is 0 Å². The number of rotatable bonds is 3. The van der Waals surface area contributed by atoms with Gasteiger partial charge in [-0.15, -0.1) is 0 Å². The summed E-state index contributed by atoms with van der Waals surface area (Å²) in [5, 5.41) is 1.08. The maximum Gasteiger partial charge on any atom is 0.354 e. The molecule has 1 aromatic heterocycles. The first kappa shape index (κ1) is 13.8. The number of fused-ring (bicyclic) bond motifs is 2. The Labute approximate surface area is 130 Å². The van der Waals surface area contributed by atoms with Crippen LogP contribution in [-0.4, -0.2) is 41.2 Å². The first-order chi connectivity index (χ1) is 10.7. The van der Waals surface area contributed by atoms with Gasteiger partial charge in [0.05, 0.1) is 6.61 Å². The number of hydrogen-bond acceptors (Lipinski definition) is 3. The van der Waals surface area contributed by atoms with Crippen molar-refractivity contribution in [2.45, 2.75) is 25.3 Å². The second-order valence-corrected chi connectivity index (χ2v) is 6.54. The Hall–Kier alpha value is -1.81. The van der Waals surface area contributed by atoms with Crippen LogP contribution in [0.3, 0.4) is 0 Å². The van der Waals surface area contributed by atoms with Gasteiger partial charge < -0.3 is 9.30 Å². The second-order valence-electron chi connectivity index (χ2n) is 6.54. The largest absolute Gasteiger partial charge is 0.461 e. The van der Waals surface area contributed by atoms with E-state index in [1.165, 1.54) is 25.9 Å². The van der Waals surface area contributed by atoms with Crippen LogP contribution in [0.1, 0.15) is 29.8 Å². The second kappa shape index (κ2) is 5.43. The van der Waals surface area contributed by atoms with Crippen molar-refractivity contribution in [3.63, 3.8) is 0 Å². The van der Waals surface area contributed by atoms with Gasteiger partial charge in [0.2, 0.25) is 0 Å². The van der Waals surface area contributed by atoms with Crippen molar-refractivity contribution in [2.24, 2.45) is 13.0 Å². The molecule has 0 N–H and O–H groups in total. The molecule has 0 radical (unpaired) electrons. The fourth-order valence-electron chi connectivity index (χ4n) is 4.12. The zero-order chi connectivity index (χ0) is 15.1. The van der Waals surface area contributed by atoms with E-state index >= 15 is 0 Å². The average molecular weight is 298 g/mol. The third-order valence-corrected chi connectivity index (χ3v) is 5.33. The molecule has 1 aromatic carbocycles. The highest BCUT2D eigenvalue weighted by molar-refractivity contribution is 5.95. The van der Waals surface area contributed by atoms with E-state index in [4.69, 9.17) is 4.74 Å². The molecule has 22 heavy (non-hydrogen) atoms. The molecule has 2 saturated heterocycles. The van der Waals surface area contributed by atoms with Gasteiger partial charge in [-0.1, -0.05) is 18.2 Å². The molecule has 2 aromatic rings. The zero-order valence-electron chi connectivity index (χ0n) is 13.0. The third-order valence-electron chi connectivity index (χ3n) is 5.33. The minimum Gasteiger partial charge on any atom is -0.461 e. The fourth-order valence-corrected chi connectivity index (χ4v) is 4.12. The Bertz CT molecular complexity index is 706. The molecule has 116 valence electrons. The highest BCUT2D eigenvalue weighted by atomic mass is 16.5. The zero-order valence-corrected chi connectivity index (χ0v) is 13.0. The van der Waals surface area contributed by atoms with E-state index in [1.54, 1.807) is 0 Å². The third kappa shape index (κ3) is 2.22. The molecule has 2 aliphatic rings. The van der Waals surface area contributed by atoms with Crippen LogP contribution in [0.2, 0.25) is 0 Å². The van der Waals surface area contributed by atoms with Crippen LogP contribution in [0.25, 0.3) is 10.9 Å². The van der Waals surface area contributed by atoms with Crippen LogP contribution >= 0.6 is 0 Å². The lowest BCUT2D eigenvalue weighted by atomic mass is 9.99. The number of ether oxygens (including phenoxy) is 1. The lowest BCUT2D eigenvalue weighted by Crippen LogP contribution is -2.28. The topological polar surface area (TPSA) is 34.5 Å². The van der Waals surface area contributed by atoms with Gasteiger partial charge in [0.1, 0.15) is 5.69 Å². The minimum absolute atomic E-state index is 0.199. The quantitative estimate of drug-likeness (QED) is 0.817. The van der Waals surface area contributed by atoms with Crippen molar-refractivity contribution in [1.82, 2.24) is 9.47 Å². The molecule has 0 bridgehead atoms. The molecular weight excluding hydrogens is 276 g/mol. The number of aromatic nitrogens is 1. The van der Waals surface area contributed by atoms with Crippen molar-refractivity contribution in [3.05, 3.63) is 36.0 Å². The lowest BCUT2D eigenvalue weighted by Gasteiger charge is -2.19. The molecule has 0 saturated carbocycles. The summed E-state index contributed by atoms with van der Waals surface area (Å²) >= 11 is 0. The maximum atomic E-state index is 12.4. The molecule has 0 aliphatic carbocycles. The van der Waals surface area contributed by atoms with Crippen molar-refractivity contribution in [3.8, 4) is 0 Å². The van der Waals surface area contributed by atoms with Crippen LogP contribution < -0.4 is 0 Å². The number of benzene rings is 1. The van der Waals surface area contributed by atoms with E-state index in [-0.39, 0.29) is 5.97 Å². The number of carbonyl (C=O) groups is 1. The number of esters is 1. The smallest absolute Gasteiger partial charge is 0.354 e. The number of carbonyl (C=O) groups excluding carboxylic acids is 1. The van der Waals surface area contributed by atoms with Crippen LogP contribution in [0, 0.1) is 5.92 Å². The predicted octanol–water partition coefficient (Wildman–Crippen LogP) is 2.82. The summed E-state index contributed by atoms with van der Waals surface area (Å²) < 4.78 is 7.57. The van der Waals surface area contributed by atoms with Crippen molar-refractivity contribution < 1.29 is 9.53 Å². The minimum atomic E-state index is -0.199.